The second-order valence-corrected chi connectivity index (χ2v) is 12.0. The standard InChI is InChI=1S/C31H46N4O7/c1-8-19(2)26(29(38)40-7)34-28(37)24(17-21-18-32-23-13-10-9-12-22(21)23)33-27(36)20(3)16-25-35(14-11-15-41-25)30(39)42-31(4,5)6/h9-10,12-13,18-20,24-26,32H,8,11,14-17H2,1-7H3,(H,33,36)(H,34,37)/t19-,20?,24-,25?,26-/m0/s1. The van der Waals surface area contributed by atoms with Gasteiger partial charge >= 0.3 is 12.1 Å². The lowest BCUT2D eigenvalue weighted by Gasteiger charge is -2.37. The normalized spacial score (nSPS) is 18.5. The Morgan fingerprint density at radius 3 is 2.50 bits per heavy atom. The van der Waals surface area contributed by atoms with Crippen molar-refractivity contribution in [2.24, 2.45) is 11.8 Å². The minimum Gasteiger partial charge on any atom is -0.467 e. The van der Waals surface area contributed by atoms with Crippen LogP contribution >= 0.6 is 0 Å². The smallest absolute Gasteiger partial charge is 0.412 e. The number of methoxy groups -OCH3 is 1. The van der Waals surface area contributed by atoms with E-state index in [0.717, 1.165) is 16.5 Å². The van der Waals surface area contributed by atoms with Crippen LogP contribution in [0.25, 0.3) is 10.9 Å². The van der Waals surface area contributed by atoms with Crippen LogP contribution in [0.4, 0.5) is 4.79 Å². The fourth-order valence-electron chi connectivity index (χ4n) is 4.92. The molecule has 2 unspecified atom stereocenters. The summed E-state index contributed by atoms with van der Waals surface area (Å²) in [5, 5.41) is 6.66. The van der Waals surface area contributed by atoms with E-state index >= 15 is 0 Å². The number of para-hydroxylation sites is 1. The van der Waals surface area contributed by atoms with Crippen molar-refractivity contribution in [1.82, 2.24) is 20.5 Å². The number of nitrogens with one attached hydrogen (secondary N) is 3. The minimum atomic E-state index is -0.968. The van der Waals surface area contributed by atoms with Gasteiger partial charge in [0.2, 0.25) is 11.8 Å². The van der Waals surface area contributed by atoms with Crippen molar-refractivity contribution in [2.45, 2.75) is 91.1 Å². The monoisotopic (exact) mass is 586 g/mol. The van der Waals surface area contributed by atoms with Gasteiger partial charge in [-0.15, -0.1) is 0 Å². The van der Waals surface area contributed by atoms with Gasteiger partial charge in [-0.2, -0.15) is 0 Å². The van der Waals surface area contributed by atoms with E-state index in [-0.39, 0.29) is 24.7 Å². The van der Waals surface area contributed by atoms with Crippen molar-refractivity contribution in [3.63, 3.8) is 0 Å². The molecule has 42 heavy (non-hydrogen) atoms. The Morgan fingerprint density at radius 2 is 1.83 bits per heavy atom. The zero-order valence-corrected chi connectivity index (χ0v) is 25.8. The molecule has 0 aliphatic carbocycles. The summed E-state index contributed by atoms with van der Waals surface area (Å²) >= 11 is 0. The van der Waals surface area contributed by atoms with E-state index in [1.165, 1.54) is 12.0 Å². The van der Waals surface area contributed by atoms with Crippen molar-refractivity contribution in [3.05, 3.63) is 36.0 Å². The molecule has 3 rings (SSSR count). The van der Waals surface area contributed by atoms with Crippen LogP contribution in [0.3, 0.4) is 0 Å². The molecule has 0 bridgehead atoms. The molecule has 3 N–H and O–H groups in total. The van der Waals surface area contributed by atoms with Gasteiger partial charge in [0, 0.05) is 42.4 Å². The summed E-state index contributed by atoms with van der Waals surface area (Å²) in [4.78, 5) is 57.2. The van der Waals surface area contributed by atoms with Crippen LogP contribution in [0.15, 0.2) is 30.5 Å². The molecule has 1 aromatic heterocycles. The first-order chi connectivity index (χ1) is 19.8. The molecule has 1 aliphatic rings. The number of ether oxygens (including phenoxy) is 3. The van der Waals surface area contributed by atoms with Crippen LogP contribution in [0.5, 0.6) is 0 Å². The largest absolute Gasteiger partial charge is 0.467 e. The van der Waals surface area contributed by atoms with Gasteiger partial charge < -0.3 is 29.8 Å². The summed E-state index contributed by atoms with van der Waals surface area (Å²) in [5.41, 5.74) is 1.10. The quantitative estimate of drug-likeness (QED) is 0.339. The maximum atomic E-state index is 13.6. The number of esters is 1. The molecule has 11 heteroatoms. The number of fused-ring (bicyclic) bond motifs is 1. The summed E-state index contributed by atoms with van der Waals surface area (Å²) in [6.45, 7) is 11.8. The van der Waals surface area contributed by atoms with Gasteiger partial charge in [-0.05, 0) is 44.7 Å². The number of hydrogen-bond donors (Lipinski definition) is 3. The molecule has 2 heterocycles. The Morgan fingerprint density at radius 1 is 1.12 bits per heavy atom. The minimum absolute atomic E-state index is 0.174. The number of carbonyl (C=O) groups is 4. The number of carbonyl (C=O) groups excluding carboxylic acids is 4. The van der Waals surface area contributed by atoms with E-state index < -0.39 is 47.8 Å². The van der Waals surface area contributed by atoms with E-state index in [1.807, 2.05) is 44.3 Å². The Balaban J connectivity index is 1.79. The predicted octanol–water partition coefficient (Wildman–Crippen LogP) is 3.91. The molecule has 2 aromatic rings. The number of aromatic amines is 1. The first-order valence-corrected chi connectivity index (χ1v) is 14.7. The second-order valence-electron chi connectivity index (χ2n) is 12.0. The highest BCUT2D eigenvalue weighted by Gasteiger charge is 2.35. The van der Waals surface area contributed by atoms with Crippen LogP contribution in [0, 0.1) is 11.8 Å². The summed E-state index contributed by atoms with van der Waals surface area (Å²) in [7, 11) is 1.28. The van der Waals surface area contributed by atoms with Gasteiger partial charge in [-0.3, -0.25) is 14.5 Å². The zero-order valence-electron chi connectivity index (χ0n) is 25.8. The van der Waals surface area contributed by atoms with E-state index in [1.54, 1.807) is 27.7 Å². The number of H-pyrrole nitrogens is 1. The van der Waals surface area contributed by atoms with E-state index in [4.69, 9.17) is 14.2 Å². The Bertz CT molecular complexity index is 1240. The fourth-order valence-corrected chi connectivity index (χ4v) is 4.92. The molecule has 3 amide bonds. The van der Waals surface area contributed by atoms with Crippen LogP contribution in [-0.2, 0) is 35.0 Å². The number of amides is 3. The van der Waals surface area contributed by atoms with Crippen LogP contribution in [-0.4, -0.2) is 77.9 Å². The zero-order chi connectivity index (χ0) is 31.0. The molecule has 1 saturated heterocycles. The van der Waals surface area contributed by atoms with Gasteiger partial charge in [-0.25, -0.2) is 9.59 Å². The summed E-state index contributed by atoms with van der Waals surface area (Å²) < 4.78 is 16.4. The van der Waals surface area contributed by atoms with Crippen LogP contribution < -0.4 is 10.6 Å². The Labute approximate surface area is 248 Å². The molecule has 1 aromatic carbocycles. The average Bonchev–Trinajstić information content (AvgIpc) is 3.36. The molecule has 232 valence electrons. The lowest BCUT2D eigenvalue weighted by Crippen LogP contribution is -2.55. The first kappa shape index (κ1) is 32.9. The predicted molar refractivity (Wildman–Crippen MR) is 158 cm³/mol. The van der Waals surface area contributed by atoms with E-state index in [9.17, 15) is 19.2 Å². The molecule has 1 fully saturated rings. The molecule has 0 spiro atoms. The second kappa shape index (κ2) is 14.5. The molecule has 11 nitrogen and oxygen atoms in total. The number of nitrogens with zero attached hydrogens (tertiary/aromatic N) is 1. The first-order valence-electron chi connectivity index (χ1n) is 14.7. The van der Waals surface area contributed by atoms with Gasteiger partial charge in [0.1, 0.15) is 23.9 Å². The maximum absolute atomic E-state index is 13.6. The third-order valence-electron chi connectivity index (χ3n) is 7.53. The molecule has 0 saturated carbocycles. The fraction of sp³-hybridized carbons (Fsp3) is 0.613. The third-order valence-corrected chi connectivity index (χ3v) is 7.53. The third kappa shape index (κ3) is 8.70. The Kier molecular flexibility index (Phi) is 11.4. The van der Waals surface area contributed by atoms with E-state index in [0.29, 0.717) is 26.0 Å². The van der Waals surface area contributed by atoms with Gasteiger partial charge in [0.15, 0.2) is 0 Å². The molecule has 1 aliphatic heterocycles. The summed E-state index contributed by atoms with van der Waals surface area (Å²) in [6.07, 6.45) is 2.44. The molecular weight excluding hydrogens is 540 g/mol. The van der Waals surface area contributed by atoms with Crippen LogP contribution in [0.2, 0.25) is 0 Å². The molecule has 0 radical (unpaired) electrons. The van der Waals surface area contributed by atoms with Crippen LogP contribution in [0.1, 0.15) is 66.4 Å². The van der Waals surface area contributed by atoms with Crippen molar-refractivity contribution in [2.75, 3.05) is 20.3 Å². The Hall–Kier alpha value is -3.60. The topological polar surface area (TPSA) is 139 Å². The van der Waals surface area contributed by atoms with Crippen molar-refractivity contribution in [3.8, 4) is 0 Å². The van der Waals surface area contributed by atoms with Crippen molar-refractivity contribution in [1.29, 1.82) is 0 Å². The number of hydrogen-bond acceptors (Lipinski definition) is 7. The molecule has 5 atom stereocenters. The summed E-state index contributed by atoms with van der Waals surface area (Å²) in [5.74, 6) is -2.17. The highest BCUT2D eigenvalue weighted by Crippen LogP contribution is 2.23. The van der Waals surface area contributed by atoms with Gasteiger partial charge in [0.25, 0.3) is 0 Å². The highest BCUT2D eigenvalue weighted by atomic mass is 16.6. The maximum Gasteiger partial charge on any atom is 0.412 e. The summed E-state index contributed by atoms with van der Waals surface area (Å²) in [6, 6.07) is 5.88. The molecular formula is C31H46N4O7. The number of aromatic nitrogens is 1. The number of rotatable bonds is 11. The van der Waals surface area contributed by atoms with Crippen molar-refractivity contribution >= 4 is 34.8 Å². The SMILES string of the molecule is CC[C@H](C)[C@H](NC(=O)[C@H](Cc1c[nH]c2ccccc12)NC(=O)C(C)CC1OCCCN1C(=O)OC(C)(C)C)C(=O)OC. The average molecular weight is 587 g/mol. The lowest BCUT2D eigenvalue weighted by atomic mass is 9.97. The van der Waals surface area contributed by atoms with Gasteiger partial charge in [0.05, 0.1) is 13.7 Å². The van der Waals surface area contributed by atoms with Crippen molar-refractivity contribution < 1.29 is 33.4 Å². The van der Waals surface area contributed by atoms with E-state index in [2.05, 4.69) is 15.6 Å². The highest BCUT2D eigenvalue weighted by molar-refractivity contribution is 5.92. The lowest BCUT2D eigenvalue weighted by molar-refractivity contribution is -0.147. The van der Waals surface area contributed by atoms with Gasteiger partial charge in [-0.1, -0.05) is 45.4 Å². The number of benzene rings is 1.